The third kappa shape index (κ3) is 5.35. The topological polar surface area (TPSA) is 90.7 Å². The van der Waals surface area contributed by atoms with E-state index in [0.717, 1.165) is 11.3 Å². The zero-order chi connectivity index (χ0) is 19.9. The van der Waals surface area contributed by atoms with Gasteiger partial charge in [0.15, 0.2) is 6.61 Å². The van der Waals surface area contributed by atoms with Crippen LogP contribution in [0.25, 0.3) is 0 Å². The molecule has 28 heavy (non-hydrogen) atoms. The van der Waals surface area contributed by atoms with E-state index < -0.39 is 5.91 Å². The maximum Gasteiger partial charge on any atom is 0.262 e. The maximum absolute atomic E-state index is 12.0. The van der Waals surface area contributed by atoms with Crippen molar-refractivity contribution in [2.75, 3.05) is 11.9 Å². The lowest BCUT2D eigenvalue weighted by atomic mass is 10.2. The predicted octanol–water partition coefficient (Wildman–Crippen LogP) is 3.90. The lowest BCUT2D eigenvalue weighted by molar-refractivity contribution is -0.118. The summed E-state index contributed by atoms with van der Waals surface area (Å²) in [6.45, 7) is 1.84. The highest BCUT2D eigenvalue weighted by atomic mass is 16.5. The molecule has 0 aliphatic rings. The van der Waals surface area contributed by atoms with Crippen molar-refractivity contribution < 1.29 is 19.1 Å². The van der Waals surface area contributed by atoms with E-state index in [9.17, 15) is 9.59 Å². The van der Waals surface area contributed by atoms with E-state index in [2.05, 4.69) is 5.32 Å². The number of nitrogens with one attached hydrogen (secondary N) is 1. The molecule has 2 amide bonds. The second-order valence-electron chi connectivity index (χ2n) is 6.17. The largest absolute Gasteiger partial charge is 0.484 e. The number of primary amides is 1. The standard InChI is InChI=1S/C22H20N2O4/c1-15-3-2-4-20(13-15)28-19-11-7-17(8-12-19)24-21(25)14-27-18-9-5-16(6-10-18)22(23)26/h2-13H,14H2,1H3,(H2,23,26)(H,24,25). The molecular formula is C22H20N2O4. The van der Waals surface area contributed by atoms with E-state index in [1.807, 2.05) is 31.2 Å². The third-order valence-corrected chi connectivity index (χ3v) is 3.87. The molecule has 6 nitrogen and oxygen atoms in total. The molecule has 142 valence electrons. The zero-order valence-corrected chi connectivity index (χ0v) is 15.3. The molecule has 3 N–H and O–H groups in total. The summed E-state index contributed by atoms with van der Waals surface area (Å²) < 4.78 is 11.2. The molecule has 0 atom stereocenters. The summed E-state index contributed by atoms with van der Waals surface area (Å²) in [5.41, 5.74) is 7.31. The zero-order valence-electron chi connectivity index (χ0n) is 15.3. The highest BCUT2D eigenvalue weighted by Gasteiger charge is 2.06. The molecule has 3 aromatic rings. The molecule has 3 rings (SSSR count). The van der Waals surface area contributed by atoms with Crippen LogP contribution in [0.2, 0.25) is 0 Å². The van der Waals surface area contributed by atoms with Gasteiger partial charge in [-0.2, -0.15) is 0 Å². The van der Waals surface area contributed by atoms with Crippen molar-refractivity contribution in [1.29, 1.82) is 0 Å². The van der Waals surface area contributed by atoms with E-state index in [1.54, 1.807) is 48.5 Å². The number of hydrogen-bond acceptors (Lipinski definition) is 4. The van der Waals surface area contributed by atoms with Gasteiger partial charge in [0.05, 0.1) is 0 Å². The van der Waals surface area contributed by atoms with Crippen LogP contribution in [0.4, 0.5) is 5.69 Å². The monoisotopic (exact) mass is 376 g/mol. The number of ether oxygens (including phenoxy) is 2. The molecule has 0 aliphatic heterocycles. The Kier molecular flexibility index (Phi) is 5.91. The first-order chi connectivity index (χ1) is 13.5. The van der Waals surface area contributed by atoms with E-state index in [4.69, 9.17) is 15.2 Å². The van der Waals surface area contributed by atoms with Gasteiger partial charge in [0.1, 0.15) is 17.2 Å². The summed E-state index contributed by atoms with van der Waals surface area (Å²) in [6.07, 6.45) is 0. The molecule has 0 fully saturated rings. The number of aryl methyl sites for hydroxylation is 1. The van der Waals surface area contributed by atoms with E-state index in [0.29, 0.717) is 22.7 Å². The van der Waals surface area contributed by atoms with Crippen LogP contribution in [0.1, 0.15) is 15.9 Å². The maximum atomic E-state index is 12.0. The van der Waals surface area contributed by atoms with Crippen LogP contribution in [0.3, 0.4) is 0 Å². The lowest BCUT2D eigenvalue weighted by Crippen LogP contribution is -2.20. The van der Waals surface area contributed by atoms with E-state index >= 15 is 0 Å². The van der Waals surface area contributed by atoms with Gasteiger partial charge in [-0.3, -0.25) is 9.59 Å². The highest BCUT2D eigenvalue weighted by molar-refractivity contribution is 5.93. The average Bonchev–Trinajstić information content (AvgIpc) is 2.68. The van der Waals surface area contributed by atoms with Crippen LogP contribution >= 0.6 is 0 Å². The molecule has 0 unspecified atom stereocenters. The highest BCUT2D eigenvalue weighted by Crippen LogP contribution is 2.23. The van der Waals surface area contributed by atoms with E-state index in [-0.39, 0.29) is 12.5 Å². The fourth-order valence-electron chi connectivity index (χ4n) is 2.48. The minimum atomic E-state index is -0.515. The van der Waals surface area contributed by atoms with Crippen LogP contribution in [-0.2, 0) is 4.79 Å². The molecule has 0 aromatic heterocycles. The minimum absolute atomic E-state index is 0.155. The molecule has 0 saturated heterocycles. The van der Waals surface area contributed by atoms with Crippen LogP contribution < -0.4 is 20.5 Å². The lowest BCUT2D eigenvalue weighted by Gasteiger charge is -2.09. The van der Waals surface area contributed by atoms with E-state index in [1.165, 1.54) is 0 Å². The Morgan fingerprint density at radius 1 is 0.893 bits per heavy atom. The number of anilines is 1. The number of rotatable bonds is 7. The van der Waals surface area contributed by atoms with Gasteiger partial charge in [-0.1, -0.05) is 12.1 Å². The Labute approximate surface area is 162 Å². The van der Waals surface area contributed by atoms with Crippen molar-refractivity contribution in [3.05, 3.63) is 83.9 Å². The molecule has 0 bridgehead atoms. The number of benzene rings is 3. The van der Waals surface area contributed by atoms with Gasteiger partial charge in [-0.25, -0.2) is 0 Å². The van der Waals surface area contributed by atoms with Crippen LogP contribution in [0.5, 0.6) is 17.2 Å². The minimum Gasteiger partial charge on any atom is -0.484 e. The average molecular weight is 376 g/mol. The fourth-order valence-corrected chi connectivity index (χ4v) is 2.48. The summed E-state index contributed by atoms with van der Waals surface area (Å²) in [4.78, 5) is 23.1. The van der Waals surface area contributed by atoms with Crippen LogP contribution in [-0.4, -0.2) is 18.4 Å². The second-order valence-corrected chi connectivity index (χ2v) is 6.17. The van der Waals surface area contributed by atoms with Crippen LogP contribution in [0, 0.1) is 6.92 Å². The number of amides is 2. The Bertz CT molecular complexity index is 967. The van der Waals surface area contributed by atoms with Gasteiger partial charge in [0.2, 0.25) is 5.91 Å². The van der Waals surface area contributed by atoms with Crippen LogP contribution in [0.15, 0.2) is 72.8 Å². The summed E-state index contributed by atoms with van der Waals surface area (Å²) in [5, 5.41) is 2.75. The van der Waals surface area contributed by atoms with Crippen molar-refractivity contribution in [3.63, 3.8) is 0 Å². The Hall–Kier alpha value is -3.80. The second kappa shape index (κ2) is 8.73. The summed E-state index contributed by atoms with van der Waals surface area (Å²) in [7, 11) is 0. The van der Waals surface area contributed by atoms with Gasteiger partial charge in [-0.15, -0.1) is 0 Å². The summed E-state index contributed by atoms with van der Waals surface area (Å²) >= 11 is 0. The van der Waals surface area contributed by atoms with Crippen molar-refractivity contribution in [3.8, 4) is 17.2 Å². The summed E-state index contributed by atoms with van der Waals surface area (Å²) in [6, 6.07) is 21.1. The Morgan fingerprint density at radius 2 is 1.57 bits per heavy atom. The van der Waals surface area contributed by atoms with Crippen molar-refractivity contribution >= 4 is 17.5 Å². The Balaban J connectivity index is 1.50. The fraction of sp³-hybridized carbons (Fsp3) is 0.0909. The number of nitrogens with two attached hydrogens (primary N) is 1. The summed E-state index contributed by atoms with van der Waals surface area (Å²) in [5.74, 6) is 1.09. The molecule has 0 saturated carbocycles. The van der Waals surface area contributed by atoms with Gasteiger partial charge in [-0.05, 0) is 73.2 Å². The molecule has 0 heterocycles. The molecule has 0 radical (unpaired) electrons. The number of carbonyl (C=O) groups excluding carboxylic acids is 2. The SMILES string of the molecule is Cc1cccc(Oc2ccc(NC(=O)COc3ccc(C(N)=O)cc3)cc2)c1. The molecule has 0 aliphatic carbocycles. The first kappa shape index (κ1) is 19.0. The molecule has 3 aromatic carbocycles. The molecule has 6 heteroatoms. The first-order valence-corrected chi connectivity index (χ1v) is 8.67. The van der Waals surface area contributed by atoms with Gasteiger partial charge in [0.25, 0.3) is 5.91 Å². The van der Waals surface area contributed by atoms with Crippen molar-refractivity contribution in [1.82, 2.24) is 0 Å². The third-order valence-electron chi connectivity index (χ3n) is 3.87. The number of hydrogen-bond donors (Lipinski definition) is 2. The number of carbonyl (C=O) groups is 2. The van der Waals surface area contributed by atoms with Gasteiger partial charge in [0, 0.05) is 11.3 Å². The molecular weight excluding hydrogens is 356 g/mol. The quantitative estimate of drug-likeness (QED) is 0.654. The van der Waals surface area contributed by atoms with Crippen molar-refractivity contribution in [2.45, 2.75) is 6.92 Å². The van der Waals surface area contributed by atoms with Gasteiger partial charge >= 0.3 is 0 Å². The predicted molar refractivity (Wildman–Crippen MR) is 107 cm³/mol. The van der Waals surface area contributed by atoms with Crippen molar-refractivity contribution in [2.24, 2.45) is 5.73 Å². The first-order valence-electron chi connectivity index (χ1n) is 8.67. The normalized spacial score (nSPS) is 10.2. The van der Waals surface area contributed by atoms with Gasteiger partial charge < -0.3 is 20.5 Å². The Morgan fingerprint density at radius 3 is 2.21 bits per heavy atom. The smallest absolute Gasteiger partial charge is 0.262 e. The molecule has 0 spiro atoms.